The zero-order valence-electron chi connectivity index (χ0n) is 11.3. The number of carbonyl (C=O) groups is 1. The van der Waals surface area contributed by atoms with E-state index in [-0.39, 0.29) is 18.5 Å². The number of nitrogens with one attached hydrogen (secondary N) is 2. The SMILES string of the molecule is CC1CCNC1C(=O)NCC(C)(O)CN(C)C. The molecule has 0 aromatic heterocycles. The molecule has 1 fully saturated rings. The summed E-state index contributed by atoms with van der Waals surface area (Å²) < 4.78 is 0. The van der Waals surface area contributed by atoms with Gasteiger partial charge in [0.05, 0.1) is 11.6 Å². The second kappa shape index (κ2) is 5.80. The number of likely N-dealkylation sites (N-methyl/N-ethyl adjacent to an activating group) is 1. The number of nitrogens with zero attached hydrogens (tertiary/aromatic N) is 1. The van der Waals surface area contributed by atoms with Crippen molar-refractivity contribution in [2.24, 2.45) is 5.92 Å². The van der Waals surface area contributed by atoms with E-state index in [1.54, 1.807) is 6.92 Å². The molecule has 1 amide bonds. The summed E-state index contributed by atoms with van der Waals surface area (Å²) in [6.45, 7) is 5.52. The molecule has 0 spiro atoms. The van der Waals surface area contributed by atoms with Crippen LogP contribution in [0.5, 0.6) is 0 Å². The van der Waals surface area contributed by atoms with Gasteiger partial charge in [-0.05, 0) is 39.9 Å². The van der Waals surface area contributed by atoms with Crippen LogP contribution in [0.1, 0.15) is 20.3 Å². The summed E-state index contributed by atoms with van der Waals surface area (Å²) in [6, 6.07) is -0.106. The third kappa shape index (κ3) is 4.61. The van der Waals surface area contributed by atoms with Gasteiger partial charge in [0.25, 0.3) is 0 Å². The van der Waals surface area contributed by atoms with Crippen molar-refractivity contribution in [3.05, 3.63) is 0 Å². The number of hydrogen-bond donors (Lipinski definition) is 3. The molecule has 1 heterocycles. The lowest BCUT2D eigenvalue weighted by atomic mass is 10.0. The Morgan fingerprint density at radius 3 is 2.71 bits per heavy atom. The number of rotatable bonds is 5. The third-order valence-electron chi connectivity index (χ3n) is 3.12. The summed E-state index contributed by atoms with van der Waals surface area (Å²) in [5, 5.41) is 16.1. The van der Waals surface area contributed by atoms with Gasteiger partial charge in [-0.1, -0.05) is 6.92 Å². The summed E-state index contributed by atoms with van der Waals surface area (Å²) >= 11 is 0. The summed E-state index contributed by atoms with van der Waals surface area (Å²) in [6.07, 6.45) is 1.03. The van der Waals surface area contributed by atoms with Crippen molar-refractivity contribution in [2.75, 3.05) is 33.7 Å². The van der Waals surface area contributed by atoms with E-state index >= 15 is 0 Å². The van der Waals surface area contributed by atoms with Crippen molar-refractivity contribution in [3.8, 4) is 0 Å². The van der Waals surface area contributed by atoms with Gasteiger partial charge in [-0.3, -0.25) is 4.79 Å². The number of carbonyl (C=O) groups excluding carboxylic acids is 1. The zero-order valence-corrected chi connectivity index (χ0v) is 11.3. The predicted octanol–water partition coefficient (Wildman–Crippen LogP) is -0.587. The zero-order chi connectivity index (χ0) is 13.1. The molecule has 0 radical (unpaired) electrons. The number of aliphatic hydroxyl groups is 1. The summed E-state index contributed by atoms with van der Waals surface area (Å²) in [4.78, 5) is 13.8. The monoisotopic (exact) mass is 243 g/mol. The molecule has 0 aliphatic carbocycles. The minimum Gasteiger partial charge on any atom is -0.387 e. The molecular formula is C12H25N3O2. The Labute approximate surface area is 104 Å². The van der Waals surface area contributed by atoms with Gasteiger partial charge in [0.1, 0.15) is 0 Å². The van der Waals surface area contributed by atoms with Crippen molar-refractivity contribution in [3.63, 3.8) is 0 Å². The molecule has 0 saturated carbocycles. The molecule has 17 heavy (non-hydrogen) atoms. The molecule has 100 valence electrons. The highest BCUT2D eigenvalue weighted by atomic mass is 16.3. The summed E-state index contributed by atoms with van der Waals surface area (Å²) in [5.74, 6) is 0.364. The molecule has 0 bridgehead atoms. The van der Waals surface area contributed by atoms with E-state index in [0.717, 1.165) is 13.0 Å². The lowest BCUT2D eigenvalue weighted by molar-refractivity contribution is -0.124. The molecule has 1 aliphatic rings. The van der Waals surface area contributed by atoms with Crippen molar-refractivity contribution < 1.29 is 9.90 Å². The lowest BCUT2D eigenvalue weighted by Gasteiger charge is -2.28. The first kappa shape index (κ1) is 14.4. The second-order valence-corrected chi connectivity index (χ2v) is 5.65. The van der Waals surface area contributed by atoms with Crippen LogP contribution in [0.2, 0.25) is 0 Å². The summed E-state index contributed by atoms with van der Waals surface area (Å²) in [5.41, 5.74) is -0.888. The standard InChI is InChI=1S/C12H25N3O2/c1-9-5-6-13-10(9)11(16)14-7-12(2,17)8-15(3)4/h9-10,13,17H,5-8H2,1-4H3,(H,14,16). The predicted molar refractivity (Wildman–Crippen MR) is 67.8 cm³/mol. The van der Waals surface area contributed by atoms with E-state index < -0.39 is 5.60 Å². The maximum absolute atomic E-state index is 11.9. The van der Waals surface area contributed by atoms with Crippen LogP contribution in [0.3, 0.4) is 0 Å². The van der Waals surface area contributed by atoms with Crippen LogP contribution < -0.4 is 10.6 Å². The molecule has 3 atom stereocenters. The van der Waals surface area contributed by atoms with Crippen LogP contribution in [-0.4, -0.2) is 61.3 Å². The number of amides is 1. The Morgan fingerprint density at radius 1 is 1.59 bits per heavy atom. The molecule has 1 saturated heterocycles. The van der Waals surface area contributed by atoms with Gasteiger partial charge in [0.2, 0.25) is 5.91 Å². The first-order valence-electron chi connectivity index (χ1n) is 6.20. The van der Waals surface area contributed by atoms with Crippen molar-refractivity contribution in [2.45, 2.75) is 31.9 Å². The van der Waals surface area contributed by atoms with Crippen molar-refractivity contribution in [1.29, 1.82) is 0 Å². The highest BCUT2D eigenvalue weighted by Gasteiger charge is 2.30. The minimum absolute atomic E-state index is 0.00553. The minimum atomic E-state index is -0.888. The molecule has 5 nitrogen and oxygen atoms in total. The smallest absolute Gasteiger partial charge is 0.237 e. The first-order valence-corrected chi connectivity index (χ1v) is 6.20. The Morgan fingerprint density at radius 2 is 2.24 bits per heavy atom. The van der Waals surface area contributed by atoms with Crippen LogP contribution in [-0.2, 0) is 4.79 Å². The van der Waals surface area contributed by atoms with Gasteiger partial charge in [-0.15, -0.1) is 0 Å². The normalized spacial score (nSPS) is 28.1. The van der Waals surface area contributed by atoms with E-state index in [1.807, 2.05) is 19.0 Å². The molecule has 3 N–H and O–H groups in total. The van der Waals surface area contributed by atoms with Crippen molar-refractivity contribution >= 4 is 5.91 Å². The number of hydrogen-bond acceptors (Lipinski definition) is 4. The van der Waals surface area contributed by atoms with E-state index in [9.17, 15) is 9.90 Å². The Balaban J connectivity index is 2.37. The van der Waals surface area contributed by atoms with E-state index in [4.69, 9.17) is 0 Å². The van der Waals surface area contributed by atoms with E-state index in [0.29, 0.717) is 12.5 Å². The fraction of sp³-hybridized carbons (Fsp3) is 0.917. The molecule has 1 aliphatic heterocycles. The van der Waals surface area contributed by atoms with Gasteiger partial charge < -0.3 is 20.6 Å². The van der Waals surface area contributed by atoms with Crippen LogP contribution >= 0.6 is 0 Å². The van der Waals surface area contributed by atoms with Crippen LogP contribution in [0.25, 0.3) is 0 Å². The molecular weight excluding hydrogens is 218 g/mol. The highest BCUT2D eigenvalue weighted by molar-refractivity contribution is 5.82. The van der Waals surface area contributed by atoms with Gasteiger partial charge in [-0.2, -0.15) is 0 Å². The average molecular weight is 243 g/mol. The molecule has 3 unspecified atom stereocenters. The highest BCUT2D eigenvalue weighted by Crippen LogP contribution is 2.14. The van der Waals surface area contributed by atoms with Crippen molar-refractivity contribution in [1.82, 2.24) is 15.5 Å². The fourth-order valence-corrected chi connectivity index (χ4v) is 2.31. The van der Waals surface area contributed by atoms with Gasteiger partial charge >= 0.3 is 0 Å². The van der Waals surface area contributed by atoms with E-state index in [1.165, 1.54) is 0 Å². The first-order chi connectivity index (χ1) is 7.82. The topological polar surface area (TPSA) is 64.6 Å². The summed E-state index contributed by atoms with van der Waals surface area (Å²) in [7, 11) is 3.80. The third-order valence-corrected chi connectivity index (χ3v) is 3.12. The maximum atomic E-state index is 11.9. The Kier molecular flexibility index (Phi) is 4.91. The van der Waals surface area contributed by atoms with E-state index in [2.05, 4.69) is 17.6 Å². The van der Waals surface area contributed by atoms with Gasteiger partial charge in [0, 0.05) is 13.1 Å². The van der Waals surface area contributed by atoms with Gasteiger partial charge in [0.15, 0.2) is 0 Å². The van der Waals surface area contributed by atoms with Crippen LogP contribution in [0.15, 0.2) is 0 Å². The molecule has 0 aromatic carbocycles. The average Bonchev–Trinajstić information content (AvgIpc) is 2.59. The quantitative estimate of drug-likeness (QED) is 0.604. The lowest BCUT2D eigenvalue weighted by Crippen LogP contribution is -2.51. The Bertz CT molecular complexity index is 266. The van der Waals surface area contributed by atoms with Crippen LogP contribution in [0.4, 0.5) is 0 Å². The second-order valence-electron chi connectivity index (χ2n) is 5.65. The maximum Gasteiger partial charge on any atom is 0.237 e. The van der Waals surface area contributed by atoms with Crippen LogP contribution in [0, 0.1) is 5.92 Å². The largest absolute Gasteiger partial charge is 0.387 e. The molecule has 0 aromatic rings. The fourth-order valence-electron chi connectivity index (χ4n) is 2.31. The Hall–Kier alpha value is -0.650. The van der Waals surface area contributed by atoms with Gasteiger partial charge in [-0.25, -0.2) is 0 Å². The molecule has 5 heteroatoms. The molecule has 1 rings (SSSR count).